The molecular formula is C15H28N2O2. The lowest BCUT2D eigenvalue weighted by atomic mass is 9.84. The summed E-state index contributed by atoms with van der Waals surface area (Å²) in [5.41, 5.74) is 0.121. The van der Waals surface area contributed by atoms with Gasteiger partial charge in [-0.3, -0.25) is 0 Å². The van der Waals surface area contributed by atoms with Crippen LogP contribution in [0.1, 0.15) is 38.5 Å². The van der Waals surface area contributed by atoms with Crippen molar-refractivity contribution in [3.05, 3.63) is 0 Å². The van der Waals surface area contributed by atoms with Gasteiger partial charge < -0.3 is 19.7 Å². The van der Waals surface area contributed by atoms with E-state index in [1.807, 2.05) is 0 Å². The molecule has 0 bridgehead atoms. The van der Waals surface area contributed by atoms with Gasteiger partial charge in [0.05, 0.1) is 5.60 Å². The molecule has 4 heteroatoms. The number of likely N-dealkylation sites (N-methyl/N-ethyl adjacent to an activating group) is 1. The highest BCUT2D eigenvalue weighted by atomic mass is 16.5. The summed E-state index contributed by atoms with van der Waals surface area (Å²) in [5, 5.41) is 3.80. The van der Waals surface area contributed by atoms with E-state index >= 15 is 0 Å². The van der Waals surface area contributed by atoms with Crippen LogP contribution in [0.2, 0.25) is 0 Å². The van der Waals surface area contributed by atoms with Crippen molar-refractivity contribution < 1.29 is 9.47 Å². The zero-order chi connectivity index (χ0) is 13.1. The molecule has 19 heavy (non-hydrogen) atoms. The number of hydrogen-bond acceptors (Lipinski definition) is 4. The lowest BCUT2D eigenvalue weighted by Crippen LogP contribution is -2.51. The van der Waals surface area contributed by atoms with E-state index in [1.54, 1.807) is 0 Å². The van der Waals surface area contributed by atoms with Crippen LogP contribution in [0.3, 0.4) is 0 Å². The summed E-state index contributed by atoms with van der Waals surface area (Å²) in [6.45, 7) is 5.07. The van der Waals surface area contributed by atoms with Crippen LogP contribution in [0, 0.1) is 0 Å². The van der Waals surface area contributed by atoms with Gasteiger partial charge in [0.15, 0.2) is 0 Å². The number of ether oxygens (including phenoxy) is 2. The van der Waals surface area contributed by atoms with Gasteiger partial charge in [-0.05, 0) is 52.1 Å². The summed E-state index contributed by atoms with van der Waals surface area (Å²) >= 11 is 0. The second kappa shape index (κ2) is 6.08. The van der Waals surface area contributed by atoms with Crippen molar-refractivity contribution in [1.82, 2.24) is 10.2 Å². The average molecular weight is 268 g/mol. The Hall–Kier alpha value is -0.160. The fraction of sp³-hybridized carbons (Fsp3) is 1.00. The van der Waals surface area contributed by atoms with Gasteiger partial charge in [-0.2, -0.15) is 0 Å². The topological polar surface area (TPSA) is 33.7 Å². The van der Waals surface area contributed by atoms with E-state index in [-0.39, 0.29) is 5.60 Å². The number of rotatable bonds is 3. The monoisotopic (exact) mass is 268 g/mol. The maximum absolute atomic E-state index is 6.10. The van der Waals surface area contributed by atoms with E-state index in [0.29, 0.717) is 6.04 Å². The molecule has 0 amide bonds. The molecule has 0 aliphatic carbocycles. The molecule has 110 valence electrons. The first-order chi connectivity index (χ1) is 9.27. The smallest absolute Gasteiger partial charge is 0.0741 e. The van der Waals surface area contributed by atoms with Gasteiger partial charge in [-0.1, -0.05) is 0 Å². The quantitative estimate of drug-likeness (QED) is 0.839. The molecule has 3 fully saturated rings. The Kier molecular flexibility index (Phi) is 4.42. The van der Waals surface area contributed by atoms with Gasteiger partial charge in [0.1, 0.15) is 0 Å². The molecule has 0 radical (unpaired) electrons. The molecule has 1 N–H and O–H groups in total. The second-order valence-electron chi connectivity index (χ2n) is 6.52. The van der Waals surface area contributed by atoms with E-state index in [4.69, 9.17) is 9.47 Å². The summed E-state index contributed by atoms with van der Waals surface area (Å²) in [6.07, 6.45) is 7.21. The standard InChI is InChI=1S/C15H28N2O2/c1-17-7-2-3-14(17)12-16-13-4-8-19-15(11-13)5-9-18-10-6-15/h13-14,16H,2-12H2,1H3. The summed E-state index contributed by atoms with van der Waals surface area (Å²) in [6, 6.07) is 1.38. The zero-order valence-corrected chi connectivity index (χ0v) is 12.2. The molecule has 0 saturated carbocycles. The normalized spacial score (nSPS) is 35.8. The van der Waals surface area contributed by atoms with E-state index < -0.39 is 0 Å². The fourth-order valence-corrected chi connectivity index (χ4v) is 3.83. The third-order valence-corrected chi connectivity index (χ3v) is 5.21. The van der Waals surface area contributed by atoms with Crippen LogP contribution in [0.25, 0.3) is 0 Å². The summed E-state index contributed by atoms with van der Waals surface area (Å²) in [4.78, 5) is 2.50. The molecule has 0 aromatic rings. The van der Waals surface area contributed by atoms with Crippen molar-refractivity contribution in [2.75, 3.05) is 40.0 Å². The van der Waals surface area contributed by atoms with Crippen LogP contribution in [-0.4, -0.2) is 62.5 Å². The Balaban J connectivity index is 1.48. The van der Waals surface area contributed by atoms with Gasteiger partial charge in [-0.25, -0.2) is 0 Å². The molecule has 3 rings (SSSR count). The van der Waals surface area contributed by atoms with Gasteiger partial charge >= 0.3 is 0 Å². The molecule has 2 unspecified atom stereocenters. The Labute approximate surface area is 116 Å². The van der Waals surface area contributed by atoms with Crippen molar-refractivity contribution in [2.24, 2.45) is 0 Å². The second-order valence-corrected chi connectivity index (χ2v) is 6.52. The van der Waals surface area contributed by atoms with Gasteiger partial charge in [0.25, 0.3) is 0 Å². The Morgan fingerprint density at radius 1 is 1.21 bits per heavy atom. The molecule has 3 saturated heterocycles. The first kappa shape index (κ1) is 13.8. The third-order valence-electron chi connectivity index (χ3n) is 5.21. The first-order valence-corrected chi connectivity index (χ1v) is 7.93. The van der Waals surface area contributed by atoms with Crippen molar-refractivity contribution in [1.29, 1.82) is 0 Å². The number of nitrogens with zero attached hydrogens (tertiary/aromatic N) is 1. The molecule has 2 atom stereocenters. The largest absolute Gasteiger partial charge is 0.381 e. The fourth-order valence-electron chi connectivity index (χ4n) is 3.83. The Morgan fingerprint density at radius 2 is 2.05 bits per heavy atom. The van der Waals surface area contributed by atoms with Gasteiger partial charge in [0, 0.05) is 38.4 Å². The third kappa shape index (κ3) is 3.30. The molecule has 1 spiro atoms. The van der Waals surface area contributed by atoms with Gasteiger partial charge in [0.2, 0.25) is 0 Å². The predicted molar refractivity (Wildman–Crippen MR) is 75.4 cm³/mol. The highest BCUT2D eigenvalue weighted by Gasteiger charge is 2.39. The highest BCUT2D eigenvalue weighted by Crippen LogP contribution is 2.34. The van der Waals surface area contributed by atoms with Crippen LogP contribution in [0.15, 0.2) is 0 Å². The van der Waals surface area contributed by atoms with Crippen molar-refractivity contribution in [2.45, 2.75) is 56.2 Å². The Morgan fingerprint density at radius 3 is 2.79 bits per heavy atom. The van der Waals surface area contributed by atoms with E-state index in [1.165, 1.54) is 32.2 Å². The number of hydrogen-bond donors (Lipinski definition) is 1. The van der Waals surface area contributed by atoms with Crippen molar-refractivity contribution in [3.63, 3.8) is 0 Å². The maximum Gasteiger partial charge on any atom is 0.0741 e. The lowest BCUT2D eigenvalue weighted by molar-refractivity contribution is -0.140. The summed E-state index contributed by atoms with van der Waals surface area (Å²) < 4.78 is 11.6. The van der Waals surface area contributed by atoms with E-state index in [9.17, 15) is 0 Å². The minimum atomic E-state index is 0.121. The maximum atomic E-state index is 6.10. The van der Waals surface area contributed by atoms with Gasteiger partial charge in [-0.15, -0.1) is 0 Å². The molecule has 3 aliphatic heterocycles. The predicted octanol–water partition coefficient (Wildman–Crippen LogP) is 1.40. The van der Waals surface area contributed by atoms with E-state index in [0.717, 1.165) is 45.2 Å². The van der Waals surface area contributed by atoms with Crippen LogP contribution < -0.4 is 5.32 Å². The minimum absolute atomic E-state index is 0.121. The molecule has 4 nitrogen and oxygen atoms in total. The lowest BCUT2D eigenvalue weighted by Gasteiger charge is -2.43. The van der Waals surface area contributed by atoms with E-state index in [2.05, 4.69) is 17.3 Å². The minimum Gasteiger partial charge on any atom is -0.381 e. The van der Waals surface area contributed by atoms with Crippen LogP contribution in [0.5, 0.6) is 0 Å². The summed E-state index contributed by atoms with van der Waals surface area (Å²) in [7, 11) is 2.25. The summed E-state index contributed by atoms with van der Waals surface area (Å²) in [5.74, 6) is 0. The molecule has 0 aromatic heterocycles. The van der Waals surface area contributed by atoms with Crippen LogP contribution >= 0.6 is 0 Å². The molecular weight excluding hydrogens is 240 g/mol. The van der Waals surface area contributed by atoms with Crippen molar-refractivity contribution >= 4 is 0 Å². The highest BCUT2D eigenvalue weighted by molar-refractivity contribution is 4.92. The average Bonchev–Trinajstić information content (AvgIpc) is 2.83. The number of nitrogens with one attached hydrogen (secondary N) is 1. The Bertz CT molecular complexity index is 286. The van der Waals surface area contributed by atoms with Crippen molar-refractivity contribution in [3.8, 4) is 0 Å². The van der Waals surface area contributed by atoms with Crippen LogP contribution in [0.4, 0.5) is 0 Å². The molecule has 3 aliphatic rings. The SMILES string of the molecule is CN1CCCC1CNC1CCOC2(CCOCC2)C1. The molecule has 0 aromatic carbocycles. The van der Waals surface area contributed by atoms with Crippen LogP contribution in [-0.2, 0) is 9.47 Å². The molecule has 3 heterocycles. The number of likely N-dealkylation sites (tertiary alicyclic amines) is 1. The zero-order valence-electron chi connectivity index (χ0n) is 12.2. The first-order valence-electron chi connectivity index (χ1n) is 7.93.